The third-order valence-corrected chi connectivity index (χ3v) is 3.25. The highest BCUT2D eigenvalue weighted by atomic mass is 16.5. The number of aromatic nitrogens is 3. The average Bonchev–Trinajstić information content (AvgIpc) is 2.52. The van der Waals surface area contributed by atoms with Gasteiger partial charge < -0.3 is 15.8 Å². The van der Waals surface area contributed by atoms with Crippen molar-refractivity contribution in [1.82, 2.24) is 15.0 Å². The molecule has 0 saturated heterocycles. The summed E-state index contributed by atoms with van der Waals surface area (Å²) in [6.45, 7) is 3.92. The number of nitrogens with two attached hydrogens (primary N) is 1. The molecular formula is C17H17N5O. The maximum atomic E-state index is 5.85. The van der Waals surface area contributed by atoms with Gasteiger partial charge in [0.2, 0.25) is 0 Å². The molecule has 0 aliphatic heterocycles. The molecule has 116 valence electrons. The van der Waals surface area contributed by atoms with Crippen LogP contribution < -0.4 is 15.8 Å². The number of pyridine rings is 1. The Kier molecular flexibility index (Phi) is 4.05. The van der Waals surface area contributed by atoms with E-state index in [9.17, 15) is 0 Å². The topological polar surface area (TPSA) is 86.0 Å². The molecule has 23 heavy (non-hydrogen) atoms. The number of hydrogen-bond donors (Lipinski definition) is 2. The van der Waals surface area contributed by atoms with Gasteiger partial charge in [0.1, 0.15) is 29.5 Å². The van der Waals surface area contributed by atoms with Crippen LogP contribution in [0.1, 0.15) is 11.3 Å². The lowest BCUT2D eigenvalue weighted by molar-refractivity contribution is 0.476. The lowest BCUT2D eigenvalue weighted by Gasteiger charge is -2.11. The van der Waals surface area contributed by atoms with Crippen molar-refractivity contribution in [2.75, 3.05) is 11.1 Å². The van der Waals surface area contributed by atoms with E-state index in [1.54, 1.807) is 12.3 Å². The summed E-state index contributed by atoms with van der Waals surface area (Å²) in [5.74, 6) is 2.56. The molecule has 3 N–H and O–H groups in total. The van der Waals surface area contributed by atoms with Crippen LogP contribution in [0.5, 0.6) is 11.5 Å². The quantitative estimate of drug-likeness (QED) is 0.766. The summed E-state index contributed by atoms with van der Waals surface area (Å²) in [6, 6.07) is 11.3. The molecule has 3 aromatic rings. The Bertz CT molecular complexity index is 817. The fraction of sp³-hybridized carbons (Fsp3) is 0.118. The molecular weight excluding hydrogens is 290 g/mol. The summed E-state index contributed by atoms with van der Waals surface area (Å²) in [6.07, 6.45) is 3.14. The standard InChI is InChI=1S/C17H17N5O/c1-11-7-13(22-17-8-16(18)20-10-21-17)4-6-15(11)23-14-5-3-12(2)19-9-14/h3-10H,1-2H3,(H3,18,20,21,22). The van der Waals surface area contributed by atoms with E-state index in [-0.39, 0.29) is 0 Å². The van der Waals surface area contributed by atoms with Crippen molar-refractivity contribution in [2.45, 2.75) is 13.8 Å². The maximum absolute atomic E-state index is 5.85. The fourth-order valence-corrected chi connectivity index (χ4v) is 2.07. The predicted octanol–water partition coefficient (Wildman–Crippen LogP) is 3.61. The third-order valence-electron chi connectivity index (χ3n) is 3.25. The first-order valence-electron chi connectivity index (χ1n) is 7.16. The van der Waals surface area contributed by atoms with E-state index in [1.165, 1.54) is 6.33 Å². The normalized spacial score (nSPS) is 10.3. The molecule has 0 fully saturated rings. The summed E-state index contributed by atoms with van der Waals surface area (Å²) in [5.41, 5.74) is 8.50. The second kappa shape index (κ2) is 6.31. The largest absolute Gasteiger partial charge is 0.455 e. The van der Waals surface area contributed by atoms with Gasteiger partial charge in [-0.3, -0.25) is 4.98 Å². The number of benzene rings is 1. The lowest BCUT2D eigenvalue weighted by Crippen LogP contribution is -1.98. The van der Waals surface area contributed by atoms with Crippen LogP contribution in [-0.4, -0.2) is 15.0 Å². The van der Waals surface area contributed by atoms with Crippen LogP contribution in [0.25, 0.3) is 0 Å². The number of rotatable bonds is 4. The van der Waals surface area contributed by atoms with Crippen molar-refractivity contribution in [3.63, 3.8) is 0 Å². The minimum Gasteiger partial charge on any atom is -0.455 e. The van der Waals surface area contributed by atoms with E-state index in [2.05, 4.69) is 20.3 Å². The summed E-state index contributed by atoms with van der Waals surface area (Å²) in [7, 11) is 0. The molecule has 6 heteroatoms. The minimum absolute atomic E-state index is 0.422. The van der Waals surface area contributed by atoms with Crippen LogP contribution in [-0.2, 0) is 0 Å². The fourth-order valence-electron chi connectivity index (χ4n) is 2.07. The molecule has 2 heterocycles. The number of ether oxygens (including phenoxy) is 1. The number of nitrogen functional groups attached to an aromatic ring is 1. The molecule has 2 aromatic heterocycles. The van der Waals surface area contributed by atoms with E-state index >= 15 is 0 Å². The zero-order chi connectivity index (χ0) is 16.2. The van der Waals surface area contributed by atoms with Gasteiger partial charge in [0, 0.05) is 17.4 Å². The zero-order valence-electron chi connectivity index (χ0n) is 12.9. The SMILES string of the molecule is Cc1ccc(Oc2ccc(Nc3cc(N)ncn3)cc2C)cn1. The van der Waals surface area contributed by atoms with E-state index < -0.39 is 0 Å². The van der Waals surface area contributed by atoms with Crippen LogP contribution in [0.15, 0.2) is 48.9 Å². The van der Waals surface area contributed by atoms with Crippen molar-refractivity contribution in [1.29, 1.82) is 0 Å². The van der Waals surface area contributed by atoms with Crippen LogP contribution in [0.3, 0.4) is 0 Å². The van der Waals surface area contributed by atoms with Gasteiger partial charge in [-0.25, -0.2) is 9.97 Å². The average molecular weight is 307 g/mol. The molecule has 0 amide bonds. The maximum Gasteiger partial charge on any atom is 0.145 e. The molecule has 6 nitrogen and oxygen atoms in total. The molecule has 1 aromatic carbocycles. The molecule has 3 rings (SSSR count). The van der Waals surface area contributed by atoms with Gasteiger partial charge >= 0.3 is 0 Å². The number of aryl methyl sites for hydroxylation is 2. The van der Waals surface area contributed by atoms with Crippen molar-refractivity contribution in [3.05, 3.63) is 60.2 Å². The molecule has 0 spiro atoms. The smallest absolute Gasteiger partial charge is 0.145 e. The summed E-state index contributed by atoms with van der Waals surface area (Å²) in [5, 5.41) is 3.19. The van der Waals surface area contributed by atoms with Gasteiger partial charge in [-0.05, 0) is 49.7 Å². The highest BCUT2D eigenvalue weighted by molar-refractivity contribution is 5.60. The number of nitrogens with zero attached hydrogens (tertiary/aromatic N) is 3. The third kappa shape index (κ3) is 3.74. The van der Waals surface area contributed by atoms with Crippen molar-refractivity contribution in [3.8, 4) is 11.5 Å². The Morgan fingerprint density at radius 2 is 1.87 bits per heavy atom. The van der Waals surface area contributed by atoms with Crippen LogP contribution in [0.2, 0.25) is 0 Å². The first kappa shape index (κ1) is 14.8. The molecule has 0 saturated carbocycles. The molecule has 0 radical (unpaired) electrons. The van der Waals surface area contributed by atoms with Gasteiger partial charge in [0.15, 0.2) is 0 Å². The first-order chi connectivity index (χ1) is 11.1. The molecule has 0 unspecified atom stereocenters. The van der Waals surface area contributed by atoms with Crippen molar-refractivity contribution < 1.29 is 4.74 Å². The van der Waals surface area contributed by atoms with Crippen LogP contribution >= 0.6 is 0 Å². The van der Waals surface area contributed by atoms with Gasteiger partial charge in [-0.1, -0.05) is 0 Å². The first-order valence-corrected chi connectivity index (χ1v) is 7.16. The van der Waals surface area contributed by atoms with Crippen LogP contribution in [0.4, 0.5) is 17.3 Å². The second-order valence-electron chi connectivity index (χ2n) is 5.17. The summed E-state index contributed by atoms with van der Waals surface area (Å²) in [4.78, 5) is 12.2. The van der Waals surface area contributed by atoms with Gasteiger partial charge in [-0.15, -0.1) is 0 Å². The van der Waals surface area contributed by atoms with Crippen molar-refractivity contribution in [2.24, 2.45) is 0 Å². The Morgan fingerprint density at radius 1 is 1.00 bits per heavy atom. The van der Waals surface area contributed by atoms with E-state index in [0.717, 1.165) is 22.7 Å². The van der Waals surface area contributed by atoms with E-state index in [4.69, 9.17) is 10.5 Å². The Hall–Kier alpha value is -3.15. The highest BCUT2D eigenvalue weighted by Gasteiger charge is 2.04. The number of anilines is 3. The van der Waals surface area contributed by atoms with Crippen molar-refractivity contribution >= 4 is 17.3 Å². The van der Waals surface area contributed by atoms with E-state index in [0.29, 0.717) is 17.4 Å². The molecule has 0 atom stereocenters. The summed E-state index contributed by atoms with van der Waals surface area (Å²) >= 11 is 0. The van der Waals surface area contributed by atoms with Gasteiger partial charge in [-0.2, -0.15) is 0 Å². The zero-order valence-corrected chi connectivity index (χ0v) is 12.9. The lowest BCUT2D eigenvalue weighted by atomic mass is 10.2. The van der Waals surface area contributed by atoms with E-state index in [1.807, 2.05) is 44.2 Å². The van der Waals surface area contributed by atoms with Crippen LogP contribution in [0, 0.1) is 13.8 Å². The molecule has 0 aliphatic rings. The number of nitrogens with one attached hydrogen (secondary N) is 1. The second-order valence-corrected chi connectivity index (χ2v) is 5.17. The predicted molar refractivity (Wildman–Crippen MR) is 90.0 cm³/mol. The minimum atomic E-state index is 0.422. The van der Waals surface area contributed by atoms with Gasteiger partial charge in [0.05, 0.1) is 6.20 Å². The highest BCUT2D eigenvalue weighted by Crippen LogP contribution is 2.28. The van der Waals surface area contributed by atoms with Gasteiger partial charge in [0.25, 0.3) is 0 Å². The monoisotopic (exact) mass is 307 g/mol. The Morgan fingerprint density at radius 3 is 2.57 bits per heavy atom. The summed E-state index contributed by atoms with van der Waals surface area (Å²) < 4.78 is 5.85. The number of hydrogen-bond acceptors (Lipinski definition) is 6. The molecule has 0 aliphatic carbocycles. The molecule has 0 bridgehead atoms. The Labute approximate surface area is 134 Å². The Balaban J connectivity index is 1.76.